The zero-order valence-electron chi connectivity index (χ0n) is 9.94. The lowest BCUT2D eigenvalue weighted by Gasteiger charge is -2.06. The Labute approximate surface area is 108 Å². The van der Waals surface area contributed by atoms with Gasteiger partial charge in [-0.3, -0.25) is 10.1 Å². The van der Waals surface area contributed by atoms with Crippen molar-refractivity contribution in [1.29, 1.82) is 0 Å². The molecule has 1 aromatic carbocycles. The predicted octanol–water partition coefficient (Wildman–Crippen LogP) is 2.42. The van der Waals surface area contributed by atoms with Crippen molar-refractivity contribution in [3.8, 4) is 0 Å². The molecule has 0 unspecified atom stereocenters. The Kier molecular flexibility index (Phi) is 5.64. The fourth-order valence-corrected chi connectivity index (χ4v) is 1.27. The van der Waals surface area contributed by atoms with E-state index < -0.39 is 11.0 Å². The highest BCUT2D eigenvalue weighted by molar-refractivity contribution is 5.89. The molecule has 0 atom stereocenters. The second-order valence-electron chi connectivity index (χ2n) is 3.50. The van der Waals surface area contributed by atoms with Crippen molar-refractivity contribution in [2.45, 2.75) is 6.42 Å². The molecular formula is C10H12N6O3. The summed E-state index contributed by atoms with van der Waals surface area (Å²) >= 11 is 0. The summed E-state index contributed by atoms with van der Waals surface area (Å²) in [5, 5.41) is 18.9. The molecule has 0 fully saturated rings. The second kappa shape index (κ2) is 7.51. The maximum Gasteiger partial charge on any atom is 0.319 e. The van der Waals surface area contributed by atoms with E-state index in [2.05, 4.69) is 20.7 Å². The van der Waals surface area contributed by atoms with E-state index in [9.17, 15) is 14.9 Å². The highest BCUT2D eigenvalue weighted by Crippen LogP contribution is 2.16. The van der Waals surface area contributed by atoms with Crippen molar-refractivity contribution in [2.24, 2.45) is 5.11 Å². The van der Waals surface area contributed by atoms with E-state index in [1.807, 2.05) is 0 Å². The van der Waals surface area contributed by atoms with Crippen LogP contribution in [0.4, 0.5) is 16.2 Å². The first-order chi connectivity index (χ1) is 9.13. The number of nitrogens with one attached hydrogen (secondary N) is 2. The monoisotopic (exact) mass is 264 g/mol. The third-order valence-electron chi connectivity index (χ3n) is 2.10. The molecule has 2 N–H and O–H groups in total. The molecule has 9 nitrogen and oxygen atoms in total. The number of anilines is 1. The van der Waals surface area contributed by atoms with Crippen molar-refractivity contribution in [1.82, 2.24) is 5.32 Å². The molecule has 2 amide bonds. The van der Waals surface area contributed by atoms with Crippen LogP contribution in [0.3, 0.4) is 0 Å². The number of nitro benzene ring substituents is 1. The van der Waals surface area contributed by atoms with Crippen molar-refractivity contribution in [3.63, 3.8) is 0 Å². The SMILES string of the molecule is [N-]=[N+]=NCCCNC(=O)Nc1cccc([N+](=O)[O-])c1. The largest absolute Gasteiger partial charge is 0.338 e. The quantitative estimate of drug-likeness (QED) is 0.204. The highest BCUT2D eigenvalue weighted by Gasteiger charge is 2.07. The first kappa shape index (κ1) is 14.3. The minimum absolute atomic E-state index is 0.0962. The zero-order chi connectivity index (χ0) is 14.1. The van der Waals surface area contributed by atoms with Crippen LogP contribution in [0.15, 0.2) is 29.4 Å². The van der Waals surface area contributed by atoms with Crippen LogP contribution in [0, 0.1) is 10.1 Å². The van der Waals surface area contributed by atoms with Crippen LogP contribution in [0.1, 0.15) is 6.42 Å². The number of hydrogen-bond donors (Lipinski definition) is 2. The maximum absolute atomic E-state index is 11.4. The van der Waals surface area contributed by atoms with Gasteiger partial charge in [-0.15, -0.1) is 0 Å². The van der Waals surface area contributed by atoms with Crippen LogP contribution in [-0.2, 0) is 0 Å². The number of hydrogen-bond acceptors (Lipinski definition) is 4. The normalized spacial score (nSPS) is 9.26. The number of rotatable bonds is 6. The fourth-order valence-electron chi connectivity index (χ4n) is 1.27. The van der Waals surface area contributed by atoms with Gasteiger partial charge >= 0.3 is 6.03 Å². The molecule has 100 valence electrons. The van der Waals surface area contributed by atoms with Crippen molar-refractivity contribution >= 4 is 17.4 Å². The van der Waals surface area contributed by atoms with Crippen LogP contribution in [0.5, 0.6) is 0 Å². The van der Waals surface area contributed by atoms with Gasteiger partial charge in [0.05, 0.1) is 4.92 Å². The molecule has 0 aromatic heterocycles. The lowest BCUT2D eigenvalue weighted by atomic mass is 10.3. The summed E-state index contributed by atoms with van der Waals surface area (Å²) in [4.78, 5) is 24.0. The van der Waals surface area contributed by atoms with Gasteiger partial charge in [-0.2, -0.15) is 0 Å². The topological polar surface area (TPSA) is 133 Å². The highest BCUT2D eigenvalue weighted by atomic mass is 16.6. The third-order valence-corrected chi connectivity index (χ3v) is 2.10. The lowest BCUT2D eigenvalue weighted by molar-refractivity contribution is -0.384. The Balaban J connectivity index is 2.41. The molecule has 0 saturated heterocycles. The number of azide groups is 1. The predicted molar refractivity (Wildman–Crippen MR) is 68.7 cm³/mol. The van der Waals surface area contributed by atoms with Gasteiger partial charge in [-0.05, 0) is 18.0 Å². The van der Waals surface area contributed by atoms with Crippen molar-refractivity contribution in [3.05, 3.63) is 44.8 Å². The first-order valence-electron chi connectivity index (χ1n) is 5.43. The lowest BCUT2D eigenvalue weighted by Crippen LogP contribution is -2.29. The number of urea groups is 1. The molecule has 0 heterocycles. The summed E-state index contributed by atoms with van der Waals surface area (Å²) in [5.74, 6) is 0. The smallest absolute Gasteiger partial charge is 0.319 e. The van der Waals surface area contributed by atoms with Gasteiger partial charge in [-0.1, -0.05) is 11.2 Å². The summed E-state index contributed by atoms with van der Waals surface area (Å²) in [6, 6.07) is 5.16. The van der Waals surface area contributed by atoms with E-state index in [4.69, 9.17) is 5.53 Å². The number of nitro groups is 1. The van der Waals surface area contributed by atoms with Gasteiger partial charge in [0.25, 0.3) is 5.69 Å². The number of nitrogens with zero attached hydrogens (tertiary/aromatic N) is 4. The molecule has 1 aromatic rings. The molecule has 0 bridgehead atoms. The molecule has 0 aliphatic heterocycles. The third kappa shape index (κ3) is 5.37. The van der Waals surface area contributed by atoms with Gasteiger partial charge in [0, 0.05) is 35.8 Å². The van der Waals surface area contributed by atoms with Gasteiger partial charge in [0.2, 0.25) is 0 Å². The molecule has 0 aliphatic carbocycles. The number of amides is 2. The van der Waals surface area contributed by atoms with E-state index in [-0.39, 0.29) is 5.69 Å². The van der Waals surface area contributed by atoms with E-state index in [1.165, 1.54) is 18.2 Å². The summed E-state index contributed by atoms with van der Waals surface area (Å²) < 4.78 is 0. The molecule has 0 saturated carbocycles. The Bertz CT molecular complexity index is 512. The molecule has 9 heteroatoms. The molecule has 1 rings (SSSR count). The Morgan fingerprint density at radius 1 is 1.53 bits per heavy atom. The van der Waals surface area contributed by atoms with Crippen LogP contribution in [0.25, 0.3) is 10.4 Å². The van der Waals surface area contributed by atoms with Gasteiger partial charge in [0.15, 0.2) is 0 Å². The Morgan fingerprint density at radius 2 is 2.32 bits per heavy atom. The summed E-state index contributed by atoms with van der Waals surface area (Å²) in [5.41, 5.74) is 8.28. The second-order valence-corrected chi connectivity index (χ2v) is 3.50. The van der Waals surface area contributed by atoms with Crippen LogP contribution in [-0.4, -0.2) is 24.0 Å². The standard InChI is InChI=1S/C10H12N6O3/c11-15-13-6-2-5-12-10(17)14-8-3-1-4-9(7-8)16(18)19/h1,3-4,7H,2,5-6H2,(H2,12,14,17). The van der Waals surface area contributed by atoms with E-state index in [0.717, 1.165) is 0 Å². The molecule has 0 spiro atoms. The first-order valence-corrected chi connectivity index (χ1v) is 5.43. The van der Waals surface area contributed by atoms with Crippen LogP contribution < -0.4 is 10.6 Å². The van der Waals surface area contributed by atoms with E-state index in [0.29, 0.717) is 25.2 Å². The Hall–Kier alpha value is -2.80. The minimum Gasteiger partial charge on any atom is -0.338 e. The van der Waals surface area contributed by atoms with Gasteiger partial charge in [-0.25, -0.2) is 4.79 Å². The summed E-state index contributed by atoms with van der Waals surface area (Å²) in [7, 11) is 0. The minimum atomic E-state index is -0.539. The fraction of sp³-hybridized carbons (Fsp3) is 0.300. The number of non-ortho nitro benzene ring substituents is 1. The van der Waals surface area contributed by atoms with E-state index in [1.54, 1.807) is 6.07 Å². The van der Waals surface area contributed by atoms with Crippen LogP contribution >= 0.6 is 0 Å². The average molecular weight is 264 g/mol. The molecule has 0 radical (unpaired) electrons. The number of benzene rings is 1. The molecular weight excluding hydrogens is 252 g/mol. The van der Waals surface area contributed by atoms with Gasteiger partial charge in [0.1, 0.15) is 0 Å². The number of carbonyl (C=O) groups excluding carboxylic acids is 1. The van der Waals surface area contributed by atoms with Crippen molar-refractivity contribution < 1.29 is 9.72 Å². The Morgan fingerprint density at radius 3 is 3.00 bits per heavy atom. The average Bonchev–Trinajstić information content (AvgIpc) is 2.38. The molecule has 0 aliphatic rings. The van der Waals surface area contributed by atoms with Gasteiger partial charge < -0.3 is 10.6 Å². The maximum atomic E-state index is 11.4. The van der Waals surface area contributed by atoms with Crippen LogP contribution in [0.2, 0.25) is 0 Å². The van der Waals surface area contributed by atoms with E-state index >= 15 is 0 Å². The zero-order valence-corrected chi connectivity index (χ0v) is 9.94. The van der Waals surface area contributed by atoms with Crippen molar-refractivity contribution in [2.75, 3.05) is 18.4 Å². The number of carbonyl (C=O) groups is 1. The molecule has 19 heavy (non-hydrogen) atoms. The summed E-state index contributed by atoms with van der Waals surface area (Å²) in [6.07, 6.45) is 0.520. The summed E-state index contributed by atoms with van der Waals surface area (Å²) in [6.45, 7) is 0.646.